The lowest BCUT2D eigenvalue weighted by Gasteiger charge is -1.93. The van der Waals surface area contributed by atoms with Crippen LogP contribution >= 0.6 is 0 Å². The largest absolute Gasteiger partial charge is 0.292 e. The molecule has 1 saturated carbocycles. The number of nitrogens with zero attached hydrogens (tertiary/aromatic N) is 3. The Labute approximate surface area is 98.5 Å². The van der Waals surface area contributed by atoms with Gasteiger partial charge in [-0.15, -0.1) is 0 Å². The van der Waals surface area contributed by atoms with E-state index in [1.54, 1.807) is 10.7 Å². The predicted molar refractivity (Wildman–Crippen MR) is 61.2 cm³/mol. The van der Waals surface area contributed by atoms with Crippen molar-refractivity contribution in [3.8, 4) is 6.07 Å². The molecular weight excluding hydrogens is 214 g/mol. The summed E-state index contributed by atoms with van der Waals surface area (Å²) in [5.41, 5.74) is 1.27. The molecule has 0 bridgehead atoms. The molecule has 2 aromatic rings. The standard InChI is InChI=1S/C13H10N3O/c14-7-8-16-11-4-2-1-3-10(11)12(15-16)13(17)9-5-6-9/h1-2,4,9H,5-6,8H2. The summed E-state index contributed by atoms with van der Waals surface area (Å²) in [6.07, 6.45) is 1.91. The molecule has 0 amide bonds. The summed E-state index contributed by atoms with van der Waals surface area (Å²) in [5, 5.41) is 13.7. The maximum atomic E-state index is 12.1. The Balaban J connectivity index is 2.17. The molecule has 1 radical (unpaired) electrons. The zero-order chi connectivity index (χ0) is 11.8. The molecule has 4 nitrogen and oxygen atoms in total. The topological polar surface area (TPSA) is 58.7 Å². The number of hydrogen-bond donors (Lipinski definition) is 0. The van der Waals surface area contributed by atoms with Gasteiger partial charge in [0.05, 0.1) is 11.6 Å². The number of benzene rings is 1. The molecule has 0 unspecified atom stereocenters. The van der Waals surface area contributed by atoms with Crippen LogP contribution in [0.5, 0.6) is 0 Å². The lowest BCUT2D eigenvalue weighted by Crippen LogP contribution is -2.05. The zero-order valence-corrected chi connectivity index (χ0v) is 9.18. The number of aromatic nitrogens is 2. The van der Waals surface area contributed by atoms with Crippen LogP contribution in [0.25, 0.3) is 10.9 Å². The van der Waals surface area contributed by atoms with E-state index in [0.29, 0.717) is 5.69 Å². The average Bonchev–Trinajstić information content (AvgIpc) is 3.13. The first-order chi connectivity index (χ1) is 8.31. The highest BCUT2D eigenvalue weighted by Crippen LogP contribution is 2.34. The second-order valence-corrected chi connectivity index (χ2v) is 4.23. The van der Waals surface area contributed by atoms with Crippen molar-refractivity contribution in [2.75, 3.05) is 0 Å². The van der Waals surface area contributed by atoms with Crippen molar-refractivity contribution in [3.05, 3.63) is 30.0 Å². The first-order valence-corrected chi connectivity index (χ1v) is 5.59. The molecule has 0 N–H and O–H groups in total. The normalized spacial score (nSPS) is 14.8. The number of rotatable bonds is 3. The van der Waals surface area contributed by atoms with Crippen LogP contribution in [0.3, 0.4) is 0 Å². The Bertz CT molecular complexity index is 632. The van der Waals surface area contributed by atoms with Crippen LogP contribution in [0, 0.1) is 23.3 Å². The van der Waals surface area contributed by atoms with E-state index in [0.717, 1.165) is 23.7 Å². The van der Waals surface area contributed by atoms with Crippen LogP contribution in [0.1, 0.15) is 23.3 Å². The summed E-state index contributed by atoms with van der Waals surface area (Å²) in [7, 11) is 0. The first-order valence-electron chi connectivity index (χ1n) is 5.59. The maximum absolute atomic E-state index is 12.1. The second-order valence-electron chi connectivity index (χ2n) is 4.23. The van der Waals surface area contributed by atoms with Gasteiger partial charge in [0.2, 0.25) is 0 Å². The highest BCUT2D eigenvalue weighted by Gasteiger charge is 2.33. The molecule has 1 aliphatic rings. The quantitative estimate of drug-likeness (QED) is 0.749. The Morgan fingerprint density at radius 1 is 1.65 bits per heavy atom. The Kier molecular flexibility index (Phi) is 2.19. The van der Waals surface area contributed by atoms with Crippen molar-refractivity contribution >= 4 is 16.7 Å². The van der Waals surface area contributed by atoms with Crippen molar-refractivity contribution < 1.29 is 4.79 Å². The smallest absolute Gasteiger partial charge is 0.186 e. The molecule has 4 heteroatoms. The van der Waals surface area contributed by atoms with E-state index in [1.807, 2.05) is 18.2 Å². The number of hydrogen-bond acceptors (Lipinski definition) is 3. The Morgan fingerprint density at radius 3 is 3.18 bits per heavy atom. The van der Waals surface area contributed by atoms with Crippen molar-refractivity contribution in [3.63, 3.8) is 0 Å². The van der Waals surface area contributed by atoms with Crippen LogP contribution in [0.4, 0.5) is 0 Å². The monoisotopic (exact) mass is 224 g/mol. The van der Waals surface area contributed by atoms with Crippen LogP contribution in [-0.2, 0) is 6.54 Å². The molecule has 1 heterocycles. The molecule has 0 atom stereocenters. The van der Waals surface area contributed by atoms with E-state index in [2.05, 4.69) is 11.2 Å². The molecule has 0 aliphatic heterocycles. The zero-order valence-electron chi connectivity index (χ0n) is 9.18. The van der Waals surface area contributed by atoms with Gasteiger partial charge in [-0.3, -0.25) is 4.79 Å². The van der Waals surface area contributed by atoms with E-state index in [9.17, 15) is 4.79 Å². The van der Waals surface area contributed by atoms with Gasteiger partial charge in [-0.2, -0.15) is 10.4 Å². The summed E-state index contributed by atoms with van der Waals surface area (Å²) in [4.78, 5) is 12.1. The van der Waals surface area contributed by atoms with E-state index < -0.39 is 0 Å². The molecule has 0 spiro atoms. The lowest BCUT2D eigenvalue weighted by molar-refractivity contribution is 0.0963. The number of fused-ring (bicyclic) bond motifs is 1. The second kappa shape index (κ2) is 3.70. The van der Waals surface area contributed by atoms with Gasteiger partial charge in [0, 0.05) is 11.3 Å². The Morgan fingerprint density at radius 2 is 2.47 bits per heavy atom. The van der Waals surface area contributed by atoms with Gasteiger partial charge in [-0.25, -0.2) is 4.68 Å². The third-order valence-electron chi connectivity index (χ3n) is 2.97. The molecule has 17 heavy (non-hydrogen) atoms. The van der Waals surface area contributed by atoms with E-state index in [1.165, 1.54) is 0 Å². The fraction of sp³-hybridized carbons (Fsp3) is 0.308. The van der Waals surface area contributed by atoms with Crippen LogP contribution in [0.2, 0.25) is 0 Å². The van der Waals surface area contributed by atoms with Crippen LogP contribution in [0.15, 0.2) is 18.2 Å². The fourth-order valence-corrected chi connectivity index (χ4v) is 1.96. The third-order valence-corrected chi connectivity index (χ3v) is 2.97. The van der Waals surface area contributed by atoms with Gasteiger partial charge in [0.25, 0.3) is 0 Å². The summed E-state index contributed by atoms with van der Waals surface area (Å²) >= 11 is 0. The van der Waals surface area contributed by atoms with E-state index in [-0.39, 0.29) is 18.2 Å². The first kappa shape index (κ1) is 10.0. The fourth-order valence-electron chi connectivity index (χ4n) is 1.96. The molecular formula is C13H10N3O. The summed E-state index contributed by atoms with van der Waals surface area (Å²) in [6.45, 7) is 0.159. The summed E-state index contributed by atoms with van der Waals surface area (Å²) in [5.74, 6) is 0.228. The van der Waals surface area contributed by atoms with Gasteiger partial charge in [-0.1, -0.05) is 12.1 Å². The predicted octanol–water partition coefficient (Wildman–Crippen LogP) is 1.95. The molecule has 3 rings (SSSR count). The summed E-state index contributed by atoms with van der Waals surface area (Å²) in [6, 6.07) is 10.6. The SMILES string of the molecule is N#CCn1nc(C(=O)C2CC2)c2[c]cccc21. The molecule has 1 fully saturated rings. The third kappa shape index (κ3) is 1.60. The van der Waals surface area contributed by atoms with Gasteiger partial charge < -0.3 is 0 Å². The minimum atomic E-state index is 0.0918. The van der Waals surface area contributed by atoms with Crippen LogP contribution in [-0.4, -0.2) is 15.6 Å². The van der Waals surface area contributed by atoms with Crippen LogP contribution < -0.4 is 0 Å². The highest BCUT2D eigenvalue weighted by molar-refractivity contribution is 6.07. The van der Waals surface area contributed by atoms with Crippen molar-refractivity contribution in [2.45, 2.75) is 19.4 Å². The molecule has 1 aromatic carbocycles. The van der Waals surface area contributed by atoms with Gasteiger partial charge in [-0.05, 0) is 25.0 Å². The van der Waals surface area contributed by atoms with Gasteiger partial charge in [0.1, 0.15) is 12.2 Å². The molecule has 83 valence electrons. The average molecular weight is 224 g/mol. The minimum Gasteiger partial charge on any atom is -0.292 e. The van der Waals surface area contributed by atoms with E-state index in [4.69, 9.17) is 5.26 Å². The maximum Gasteiger partial charge on any atom is 0.186 e. The number of ketones is 1. The van der Waals surface area contributed by atoms with Crippen molar-refractivity contribution in [1.29, 1.82) is 5.26 Å². The van der Waals surface area contributed by atoms with E-state index >= 15 is 0 Å². The van der Waals surface area contributed by atoms with Crippen molar-refractivity contribution in [2.24, 2.45) is 5.92 Å². The van der Waals surface area contributed by atoms with Gasteiger partial charge >= 0.3 is 0 Å². The number of Topliss-reactive ketones (excluding diaryl/α,β-unsaturated/α-hetero) is 1. The van der Waals surface area contributed by atoms with Gasteiger partial charge in [0.15, 0.2) is 5.78 Å². The number of carbonyl (C=O) groups excluding carboxylic acids is 1. The van der Waals surface area contributed by atoms with Crippen molar-refractivity contribution in [1.82, 2.24) is 9.78 Å². The molecule has 1 aliphatic carbocycles. The highest BCUT2D eigenvalue weighted by atomic mass is 16.1. The molecule has 1 aromatic heterocycles. The summed E-state index contributed by atoms with van der Waals surface area (Å²) < 4.78 is 1.57. The Hall–Kier alpha value is -2.15. The lowest BCUT2D eigenvalue weighted by atomic mass is 10.1. The number of nitriles is 1. The number of carbonyl (C=O) groups is 1. The molecule has 0 saturated heterocycles. The minimum absolute atomic E-state index is 0.0918.